The van der Waals surface area contributed by atoms with Crippen LogP contribution in [0.3, 0.4) is 0 Å². The first kappa shape index (κ1) is 17.5. The van der Waals surface area contributed by atoms with Crippen LogP contribution in [0, 0.1) is 5.92 Å². The van der Waals surface area contributed by atoms with Crippen LogP contribution in [0.1, 0.15) is 44.1 Å². The van der Waals surface area contributed by atoms with Crippen molar-refractivity contribution in [2.24, 2.45) is 5.92 Å². The maximum Gasteiger partial charge on any atom is 0.319 e. The third-order valence-corrected chi connectivity index (χ3v) is 6.32. The summed E-state index contributed by atoms with van der Waals surface area (Å²) in [6.07, 6.45) is 3.89. The molecule has 5 nitrogen and oxygen atoms in total. The molecule has 0 radical (unpaired) electrons. The van der Waals surface area contributed by atoms with Crippen molar-refractivity contribution in [3.05, 3.63) is 20.8 Å². The fraction of sp³-hybridized carbons (Fsp3) is 0.588. The summed E-state index contributed by atoms with van der Waals surface area (Å²) in [6, 6.07) is 0. The number of hydrogen-bond donors (Lipinski definition) is 1. The number of aromatic nitrogens is 2. The summed E-state index contributed by atoms with van der Waals surface area (Å²) in [7, 11) is 0. The number of ether oxygens (including phenoxy) is 1. The van der Waals surface area contributed by atoms with Crippen LogP contribution in [0.5, 0.6) is 0 Å². The number of aryl methyl sites for hydroxylation is 1. The van der Waals surface area contributed by atoms with Gasteiger partial charge in [-0.25, -0.2) is 4.98 Å². The minimum atomic E-state index is -0.397. The number of H-pyrrole nitrogens is 1. The van der Waals surface area contributed by atoms with Crippen molar-refractivity contribution < 1.29 is 9.53 Å². The lowest BCUT2D eigenvalue weighted by Crippen LogP contribution is -2.19. The number of nitrogens with zero attached hydrogens (tertiary/aromatic N) is 1. The molecule has 24 heavy (non-hydrogen) atoms. The zero-order valence-electron chi connectivity index (χ0n) is 14.2. The molecule has 0 aliphatic heterocycles. The maximum atomic E-state index is 12.5. The Labute approximate surface area is 149 Å². The van der Waals surface area contributed by atoms with Crippen molar-refractivity contribution >= 4 is 39.3 Å². The Morgan fingerprint density at radius 3 is 3.08 bits per heavy atom. The number of nitrogens with one attached hydrogen (secondary N) is 1. The van der Waals surface area contributed by atoms with E-state index >= 15 is 0 Å². The molecule has 3 rings (SSSR count). The number of esters is 1. The first-order valence-corrected chi connectivity index (χ1v) is 10.1. The van der Waals surface area contributed by atoms with Crippen molar-refractivity contribution in [3.8, 4) is 0 Å². The predicted molar refractivity (Wildman–Crippen MR) is 98.0 cm³/mol. The highest BCUT2D eigenvalue weighted by Crippen LogP contribution is 2.36. The Balaban J connectivity index is 1.86. The lowest BCUT2D eigenvalue weighted by atomic mass is 9.89. The number of fused-ring (bicyclic) bond motifs is 3. The molecule has 1 N–H and O–H groups in total. The van der Waals surface area contributed by atoms with Gasteiger partial charge in [-0.3, -0.25) is 9.59 Å². The van der Waals surface area contributed by atoms with Gasteiger partial charge in [-0.15, -0.1) is 11.3 Å². The van der Waals surface area contributed by atoms with Crippen LogP contribution in [0.25, 0.3) is 10.2 Å². The highest BCUT2D eigenvalue weighted by Gasteiger charge is 2.24. The average Bonchev–Trinajstić information content (AvgIpc) is 2.89. The minimum Gasteiger partial charge on any atom is -0.465 e. The highest BCUT2D eigenvalue weighted by molar-refractivity contribution is 8.00. The van der Waals surface area contributed by atoms with Crippen molar-refractivity contribution in [2.75, 3.05) is 6.61 Å². The number of thiophene rings is 1. The second-order valence-electron chi connectivity index (χ2n) is 6.33. The molecule has 0 bridgehead atoms. The molecular weight excluding hydrogens is 344 g/mol. The van der Waals surface area contributed by atoms with Crippen LogP contribution >= 0.6 is 23.1 Å². The van der Waals surface area contributed by atoms with Crippen LogP contribution in [0.15, 0.2) is 9.95 Å². The molecular formula is C17H22N2O3S2. The van der Waals surface area contributed by atoms with Gasteiger partial charge in [-0.05, 0) is 44.1 Å². The Bertz CT molecular complexity index is 812. The molecule has 0 unspecified atom stereocenters. The summed E-state index contributed by atoms with van der Waals surface area (Å²) < 4.78 is 5.14. The van der Waals surface area contributed by atoms with Crippen LogP contribution in [-0.2, 0) is 22.4 Å². The second-order valence-corrected chi connectivity index (χ2v) is 8.74. The van der Waals surface area contributed by atoms with E-state index in [-0.39, 0.29) is 11.5 Å². The van der Waals surface area contributed by atoms with Gasteiger partial charge in [0.15, 0.2) is 5.16 Å². The van der Waals surface area contributed by atoms with Crippen LogP contribution in [0.2, 0.25) is 0 Å². The smallest absolute Gasteiger partial charge is 0.319 e. The van der Waals surface area contributed by atoms with Crippen LogP contribution in [-0.4, -0.2) is 27.8 Å². The van der Waals surface area contributed by atoms with Gasteiger partial charge < -0.3 is 9.72 Å². The normalized spacial score (nSPS) is 18.4. The molecule has 0 spiro atoms. The molecule has 2 heterocycles. The summed E-state index contributed by atoms with van der Waals surface area (Å²) in [5.41, 5.74) is 1.08. The van der Waals surface area contributed by atoms with E-state index in [2.05, 4.69) is 16.9 Å². The first-order valence-electron chi connectivity index (χ1n) is 8.37. The Morgan fingerprint density at radius 2 is 2.33 bits per heavy atom. The number of thioether (sulfide) groups is 1. The number of hydrogen-bond acceptors (Lipinski definition) is 6. The summed E-state index contributed by atoms with van der Waals surface area (Å²) in [5.74, 6) is 0.385. The van der Waals surface area contributed by atoms with E-state index in [1.54, 1.807) is 18.3 Å². The molecule has 2 aromatic rings. The topological polar surface area (TPSA) is 72.0 Å². The zero-order chi connectivity index (χ0) is 17.3. The SMILES string of the molecule is CCCOC(=O)[C@@H](C)Sc1nc2sc3c(c2c(=O)[nH]1)CC[C@@H](C)C3. The van der Waals surface area contributed by atoms with Crippen LogP contribution in [0.4, 0.5) is 0 Å². The van der Waals surface area contributed by atoms with Crippen molar-refractivity contribution in [2.45, 2.75) is 56.9 Å². The molecule has 0 amide bonds. The predicted octanol–water partition coefficient (Wildman–Crippen LogP) is 3.54. The summed E-state index contributed by atoms with van der Waals surface area (Å²) in [6.45, 7) is 6.39. The fourth-order valence-electron chi connectivity index (χ4n) is 2.92. The van der Waals surface area contributed by atoms with Crippen molar-refractivity contribution in [1.82, 2.24) is 9.97 Å². The third-order valence-electron chi connectivity index (χ3n) is 4.21. The van der Waals surface area contributed by atoms with Gasteiger partial charge in [-0.2, -0.15) is 0 Å². The Kier molecular flexibility index (Phi) is 5.30. The van der Waals surface area contributed by atoms with Gasteiger partial charge in [0.1, 0.15) is 10.1 Å². The van der Waals surface area contributed by atoms with E-state index in [4.69, 9.17) is 4.74 Å². The van der Waals surface area contributed by atoms with Gasteiger partial charge in [-0.1, -0.05) is 25.6 Å². The fourth-order valence-corrected chi connectivity index (χ4v) is 5.16. The standard InChI is InChI=1S/C17H22N2O3S2/c1-4-7-22-16(21)10(3)23-17-18-14(20)13-11-6-5-9(2)8-12(11)24-15(13)19-17/h9-10H,4-8H2,1-3H3,(H,18,19,20)/t9-,10-/m1/s1. The third kappa shape index (κ3) is 3.52. The second kappa shape index (κ2) is 7.27. The van der Waals surface area contributed by atoms with Crippen molar-refractivity contribution in [3.63, 3.8) is 0 Å². The molecule has 0 fully saturated rings. The summed E-state index contributed by atoms with van der Waals surface area (Å²) in [5, 5.41) is 0.833. The highest BCUT2D eigenvalue weighted by atomic mass is 32.2. The lowest BCUT2D eigenvalue weighted by molar-refractivity contribution is -0.142. The Morgan fingerprint density at radius 1 is 1.54 bits per heavy atom. The summed E-state index contributed by atoms with van der Waals surface area (Å²) >= 11 is 2.86. The van der Waals surface area contributed by atoms with E-state index in [0.29, 0.717) is 17.7 Å². The lowest BCUT2D eigenvalue weighted by Gasteiger charge is -2.17. The maximum absolute atomic E-state index is 12.5. The molecule has 0 saturated carbocycles. The van der Waals surface area contributed by atoms with Crippen LogP contribution < -0.4 is 5.56 Å². The van der Waals surface area contributed by atoms with Crippen molar-refractivity contribution in [1.29, 1.82) is 0 Å². The zero-order valence-corrected chi connectivity index (χ0v) is 15.8. The molecule has 0 aromatic carbocycles. The number of carbonyl (C=O) groups is 1. The van der Waals surface area contributed by atoms with Gasteiger partial charge in [0, 0.05) is 4.88 Å². The molecule has 130 valence electrons. The van der Waals surface area contributed by atoms with E-state index in [1.807, 2.05) is 6.92 Å². The Hall–Kier alpha value is -1.34. The molecule has 2 atom stereocenters. The van der Waals surface area contributed by atoms with Gasteiger partial charge in [0.25, 0.3) is 5.56 Å². The monoisotopic (exact) mass is 366 g/mol. The number of carbonyl (C=O) groups excluding carboxylic acids is 1. The quantitative estimate of drug-likeness (QED) is 0.498. The molecule has 7 heteroatoms. The van der Waals surface area contributed by atoms with Gasteiger partial charge in [0.2, 0.25) is 0 Å². The minimum absolute atomic E-state index is 0.0938. The first-order chi connectivity index (χ1) is 11.5. The number of rotatable bonds is 5. The largest absolute Gasteiger partial charge is 0.465 e. The van der Waals surface area contributed by atoms with E-state index < -0.39 is 5.25 Å². The molecule has 0 saturated heterocycles. The van der Waals surface area contributed by atoms with E-state index in [9.17, 15) is 9.59 Å². The molecule has 1 aliphatic carbocycles. The molecule has 2 aromatic heterocycles. The molecule has 1 aliphatic rings. The van der Waals surface area contributed by atoms with E-state index in [0.717, 1.165) is 35.9 Å². The number of aromatic amines is 1. The van der Waals surface area contributed by atoms with Gasteiger partial charge in [0.05, 0.1) is 12.0 Å². The summed E-state index contributed by atoms with van der Waals surface area (Å²) in [4.78, 5) is 33.9. The average molecular weight is 367 g/mol. The van der Waals surface area contributed by atoms with Gasteiger partial charge >= 0.3 is 5.97 Å². The van der Waals surface area contributed by atoms with E-state index in [1.165, 1.54) is 22.2 Å².